The van der Waals surface area contributed by atoms with Crippen molar-refractivity contribution in [2.24, 2.45) is 0 Å². The van der Waals surface area contributed by atoms with E-state index in [2.05, 4.69) is 13.0 Å². The van der Waals surface area contributed by atoms with Crippen LogP contribution in [-0.2, 0) is 4.79 Å². The predicted octanol–water partition coefficient (Wildman–Crippen LogP) is 3.81. The van der Waals surface area contributed by atoms with Crippen molar-refractivity contribution < 1.29 is 4.79 Å². The van der Waals surface area contributed by atoms with Gasteiger partial charge in [-0.3, -0.25) is 0 Å². The van der Waals surface area contributed by atoms with Gasteiger partial charge in [0.25, 0.3) is 0 Å². The summed E-state index contributed by atoms with van der Waals surface area (Å²) < 4.78 is 0. The van der Waals surface area contributed by atoms with E-state index >= 15 is 0 Å². The number of nitrogens with zero attached hydrogens (tertiary/aromatic N) is 1. The van der Waals surface area contributed by atoms with E-state index in [4.69, 9.17) is 5.26 Å². The van der Waals surface area contributed by atoms with E-state index < -0.39 is 0 Å². The van der Waals surface area contributed by atoms with Crippen LogP contribution in [0.1, 0.15) is 56.1 Å². The molecule has 0 saturated carbocycles. The average Bonchev–Trinajstić information content (AvgIpc) is 2.38. The Morgan fingerprint density at radius 1 is 1.29 bits per heavy atom. The van der Waals surface area contributed by atoms with Crippen LogP contribution in [0.2, 0.25) is 0 Å². The summed E-state index contributed by atoms with van der Waals surface area (Å²) in [5, 5.41) is 8.74. The number of aldehydes is 1. The van der Waals surface area contributed by atoms with E-state index in [0.29, 0.717) is 17.9 Å². The highest BCUT2D eigenvalue weighted by Crippen LogP contribution is 2.25. The minimum absolute atomic E-state index is 0.312. The van der Waals surface area contributed by atoms with Gasteiger partial charge in [-0.2, -0.15) is 5.26 Å². The lowest BCUT2D eigenvalue weighted by Crippen LogP contribution is -2.00. The van der Waals surface area contributed by atoms with Crippen molar-refractivity contribution in [1.29, 1.82) is 5.26 Å². The van der Waals surface area contributed by atoms with E-state index in [1.807, 2.05) is 24.3 Å². The first-order valence-corrected chi connectivity index (χ1v) is 6.25. The Labute approximate surface area is 103 Å². The molecule has 90 valence electrons. The molecule has 0 fully saturated rings. The zero-order valence-corrected chi connectivity index (χ0v) is 10.4. The number of unbranched alkanes of at least 4 members (excludes halogenated alkanes) is 2. The van der Waals surface area contributed by atoms with Crippen molar-refractivity contribution in [3.05, 3.63) is 35.4 Å². The molecular formula is C15H19NO. The van der Waals surface area contributed by atoms with E-state index in [0.717, 1.165) is 19.1 Å². The summed E-state index contributed by atoms with van der Waals surface area (Å²) in [5.41, 5.74) is 1.85. The third kappa shape index (κ3) is 4.40. The first kappa shape index (κ1) is 13.4. The molecular weight excluding hydrogens is 210 g/mol. The molecule has 0 bridgehead atoms. The molecule has 1 rings (SSSR count). The molecule has 0 heterocycles. The van der Waals surface area contributed by atoms with Crippen molar-refractivity contribution >= 4 is 6.29 Å². The van der Waals surface area contributed by atoms with Crippen LogP contribution in [0, 0.1) is 11.3 Å². The van der Waals surface area contributed by atoms with Crippen LogP contribution in [0.5, 0.6) is 0 Å². The molecule has 0 aromatic heterocycles. The normalized spacial score (nSPS) is 11.8. The molecule has 0 N–H and O–H groups in total. The molecule has 0 aliphatic heterocycles. The number of rotatable bonds is 7. The van der Waals surface area contributed by atoms with Crippen molar-refractivity contribution in [3.8, 4) is 6.07 Å². The van der Waals surface area contributed by atoms with Gasteiger partial charge in [0.15, 0.2) is 0 Å². The number of carbonyl (C=O) groups is 1. The van der Waals surface area contributed by atoms with Gasteiger partial charge in [0.1, 0.15) is 6.29 Å². The van der Waals surface area contributed by atoms with Crippen LogP contribution in [0.25, 0.3) is 0 Å². The van der Waals surface area contributed by atoms with Gasteiger partial charge < -0.3 is 4.79 Å². The second-order valence-electron chi connectivity index (χ2n) is 4.33. The van der Waals surface area contributed by atoms with Crippen molar-refractivity contribution in [3.63, 3.8) is 0 Å². The molecule has 0 spiro atoms. The second-order valence-corrected chi connectivity index (χ2v) is 4.33. The third-order valence-corrected chi connectivity index (χ3v) is 3.05. The Hall–Kier alpha value is -1.62. The summed E-state index contributed by atoms with van der Waals surface area (Å²) in [6.45, 7) is 2.18. The van der Waals surface area contributed by atoms with E-state index in [-0.39, 0.29) is 0 Å². The van der Waals surface area contributed by atoms with Gasteiger partial charge in [0.05, 0.1) is 11.6 Å². The minimum atomic E-state index is 0.312. The van der Waals surface area contributed by atoms with E-state index in [1.54, 1.807) is 0 Å². The van der Waals surface area contributed by atoms with Crippen LogP contribution in [0.4, 0.5) is 0 Å². The summed E-state index contributed by atoms with van der Waals surface area (Å²) in [6.07, 6.45) is 6.20. The first-order chi connectivity index (χ1) is 8.31. The number of benzene rings is 1. The van der Waals surface area contributed by atoms with Crippen LogP contribution < -0.4 is 0 Å². The molecule has 0 radical (unpaired) electrons. The molecule has 0 unspecified atom stereocenters. The maximum atomic E-state index is 10.7. The molecule has 0 amide bonds. The predicted molar refractivity (Wildman–Crippen MR) is 68.7 cm³/mol. The topological polar surface area (TPSA) is 40.9 Å². The Kier molecular flexibility index (Phi) is 6.03. The number of hydrogen-bond donors (Lipinski definition) is 0. The fourth-order valence-corrected chi connectivity index (χ4v) is 2.01. The Morgan fingerprint density at radius 3 is 2.53 bits per heavy atom. The standard InChI is InChI=1S/C15H19NO/c1-2-3-4-5-14(10-11-17)15-8-6-13(12-16)7-9-15/h6-9,11,14H,2-5,10H2,1H3/t14-/m0/s1. The number of carbonyl (C=O) groups excluding carboxylic acids is 1. The highest BCUT2D eigenvalue weighted by atomic mass is 16.1. The minimum Gasteiger partial charge on any atom is -0.303 e. The lowest BCUT2D eigenvalue weighted by atomic mass is 9.90. The molecule has 2 nitrogen and oxygen atoms in total. The largest absolute Gasteiger partial charge is 0.303 e. The lowest BCUT2D eigenvalue weighted by molar-refractivity contribution is -0.108. The first-order valence-electron chi connectivity index (χ1n) is 6.25. The molecule has 0 aliphatic carbocycles. The quantitative estimate of drug-likeness (QED) is 0.527. The van der Waals surface area contributed by atoms with Crippen LogP contribution >= 0.6 is 0 Å². The highest BCUT2D eigenvalue weighted by Gasteiger charge is 2.10. The average molecular weight is 229 g/mol. The maximum absolute atomic E-state index is 10.7. The zero-order chi connectivity index (χ0) is 12.5. The third-order valence-electron chi connectivity index (χ3n) is 3.05. The van der Waals surface area contributed by atoms with E-state index in [1.165, 1.54) is 18.4 Å². The molecule has 2 heteroatoms. The van der Waals surface area contributed by atoms with Crippen LogP contribution in [0.15, 0.2) is 24.3 Å². The van der Waals surface area contributed by atoms with Gasteiger partial charge in [-0.15, -0.1) is 0 Å². The fraction of sp³-hybridized carbons (Fsp3) is 0.467. The highest BCUT2D eigenvalue weighted by molar-refractivity contribution is 5.51. The summed E-state index contributed by atoms with van der Waals surface area (Å²) in [4.78, 5) is 10.7. The number of nitriles is 1. The second kappa shape index (κ2) is 7.62. The van der Waals surface area contributed by atoms with Gasteiger partial charge in [-0.1, -0.05) is 38.3 Å². The lowest BCUT2D eigenvalue weighted by Gasteiger charge is -2.14. The molecule has 1 aromatic carbocycles. The summed E-state index contributed by atoms with van der Waals surface area (Å²) in [6, 6.07) is 9.70. The summed E-state index contributed by atoms with van der Waals surface area (Å²) >= 11 is 0. The number of hydrogen-bond acceptors (Lipinski definition) is 2. The van der Waals surface area contributed by atoms with Gasteiger partial charge in [-0.25, -0.2) is 0 Å². The Morgan fingerprint density at radius 2 is 2.00 bits per heavy atom. The van der Waals surface area contributed by atoms with Crippen molar-refractivity contribution in [1.82, 2.24) is 0 Å². The Bertz CT molecular complexity index is 375. The van der Waals surface area contributed by atoms with Crippen molar-refractivity contribution in [2.45, 2.75) is 44.9 Å². The monoisotopic (exact) mass is 229 g/mol. The maximum Gasteiger partial charge on any atom is 0.120 e. The summed E-state index contributed by atoms with van der Waals surface area (Å²) in [7, 11) is 0. The fourth-order valence-electron chi connectivity index (χ4n) is 2.01. The van der Waals surface area contributed by atoms with Crippen LogP contribution in [-0.4, -0.2) is 6.29 Å². The van der Waals surface area contributed by atoms with E-state index in [9.17, 15) is 4.79 Å². The molecule has 1 atom stereocenters. The Balaban J connectivity index is 2.67. The van der Waals surface area contributed by atoms with Gasteiger partial charge in [-0.05, 0) is 30.0 Å². The smallest absolute Gasteiger partial charge is 0.120 e. The van der Waals surface area contributed by atoms with Crippen LogP contribution in [0.3, 0.4) is 0 Å². The SMILES string of the molecule is CCCCC[C@@H](CC=O)c1ccc(C#N)cc1. The molecule has 17 heavy (non-hydrogen) atoms. The molecule has 1 aromatic rings. The van der Waals surface area contributed by atoms with Gasteiger partial charge in [0.2, 0.25) is 0 Å². The zero-order valence-electron chi connectivity index (χ0n) is 10.4. The molecule has 0 saturated heterocycles. The van der Waals surface area contributed by atoms with Gasteiger partial charge in [0, 0.05) is 6.42 Å². The van der Waals surface area contributed by atoms with Crippen molar-refractivity contribution in [2.75, 3.05) is 0 Å². The molecule has 0 aliphatic rings. The summed E-state index contributed by atoms with van der Waals surface area (Å²) in [5.74, 6) is 0.312. The van der Waals surface area contributed by atoms with Gasteiger partial charge >= 0.3 is 0 Å².